The number of nitrogens with one attached hydrogen (secondary N) is 1. The number of rotatable bonds is 5. The van der Waals surface area contributed by atoms with E-state index >= 15 is 0 Å². The topological polar surface area (TPSA) is 56.2 Å². The van der Waals surface area contributed by atoms with Crippen molar-refractivity contribution in [3.05, 3.63) is 46.8 Å². The molecule has 1 N–H and O–H groups in total. The number of hydrogen-bond donors (Lipinski definition) is 1. The Labute approximate surface area is 131 Å². The van der Waals surface area contributed by atoms with E-state index in [1.165, 1.54) is 5.56 Å². The first kappa shape index (κ1) is 16.2. The van der Waals surface area contributed by atoms with Gasteiger partial charge in [-0.15, -0.1) is 0 Å². The second-order valence-electron chi connectivity index (χ2n) is 5.60. The van der Waals surface area contributed by atoms with Gasteiger partial charge >= 0.3 is 5.97 Å². The van der Waals surface area contributed by atoms with Gasteiger partial charge in [0.25, 0.3) is 0 Å². The summed E-state index contributed by atoms with van der Waals surface area (Å²) in [6, 6.07) is 7.36. The van der Waals surface area contributed by atoms with E-state index < -0.39 is 0 Å². The molecule has 1 aromatic heterocycles. The predicted molar refractivity (Wildman–Crippen MR) is 86.4 cm³/mol. The van der Waals surface area contributed by atoms with Crippen molar-refractivity contribution >= 4 is 5.97 Å². The lowest BCUT2D eigenvalue weighted by Gasteiger charge is -2.10. The number of ether oxygens (including phenoxy) is 1. The van der Waals surface area contributed by atoms with Gasteiger partial charge in [0.15, 0.2) is 0 Å². The number of hydrogen-bond acceptors (Lipinski definition) is 4. The molecule has 0 saturated heterocycles. The minimum Gasteiger partial charge on any atom is -0.459 e. The molecule has 0 bridgehead atoms. The van der Waals surface area contributed by atoms with E-state index in [0.717, 1.165) is 23.6 Å². The monoisotopic (exact) mass is 301 g/mol. The SMILES string of the molecule is CNCc1c(C)nn(-c2cccc(C(=O)OC(C)C)c2)c1C. The van der Waals surface area contributed by atoms with Crippen LogP contribution in [-0.4, -0.2) is 28.9 Å². The van der Waals surface area contributed by atoms with Gasteiger partial charge in [0.2, 0.25) is 0 Å². The van der Waals surface area contributed by atoms with Gasteiger partial charge in [-0.05, 0) is 52.9 Å². The van der Waals surface area contributed by atoms with Crippen LogP contribution in [0.3, 0.4) is 0 Å². The van der Waals surface area contributed by atoms with Gasteiger partial charge in [-0.1, -0.05) is 6.07 Å². The van der Waals surface area contributed by atoms with Crippen LogP contribution in [0.5, 0.6) is 0 Å². The van der Waals surface area contributed by atoms with Crippen molar-refractivity contribution in [3.63, 3.8) is 0 Å². The Morgan fingerprint density at radius 1 is 1.36 bits per heavy atom. The van der Waals surface area contributed by atoms with Gasteiger partial charge in [0, 0.05) is 17.8 Å². The molecule has 0 fully saturated rings. The Hall–Kier alpha value is -2.14. The summed E-state index contributed by atoms with van der Waals surface area (Å²) in [5.74, 6) is -0.311. The number of carbonyl (C=O) groups is 1. The van der Waals surface area contributed by atoms with Crippen LogP contribution in [0.25, 0.3) is 5.69 Å². The molecule has 0 aliphatic carbocycles. The summed E-state index contributed by atoms with van der Waals surface area (Å²) in [5, 5.41) is 7.74. The summed E-state index contributed by atoms with van der Waals surface area (Å²) in [6.45, 7) is 8.48. The maximum absolute atomic E-state index is 12.0. The van der Waals surface area contributed by atoms with Crippen LogP contribution in [0.4, 0.5) is 0 Å². The molecule has 5 nitrogen and oxygen atoms in total. The summed E-state index contributed by atoms with van der Waals surface area (Å²) in [4.78, 5) is 12.0. The molecule has 5 heteroatoms. The van der Waals surface area contributed by atoms with Crippen LogP contribution < -0.4 is 5.32 Å². The summed E-state index contributed by atoms with van der Waals surface area (Å²) in [5.41, 5.74) is 4.64. The molecule has 0 spiro atoms. The fraction of sp³-hybridized carbons (Fsp3) is 0.412. The van der Waals surface area contributed by atoms with Crippen molar-refractivity contribution in [2.45, 2.75) is 40.3 Å². The highest BCUT2D eigenvalue weighted by Gasteiger charge is 2.14. The molecule has 22 heavy (non-hydrogen) atoms. The van der Waals surface area contributed by atoms with E-state index in [0.29, 0.717) is 5.56 Å². The van der Waals surface area contributed by atoms with Gasteiger partial charge < -0.3 is 10.1 Å². The highest BCUT2D eigenvalue weighted by Crippen LogP contribution is 2.19. The Kier molecular flexibility index (Phi) is 4.98. The van der Waals surface area contributed by atoms with E-state index in [2.05, 4.69) is 10.4 Å². The van der Waals surface area contributed by atoms with Crippen molar-refractivity contribution < 1.29 is 9.53 Å². The molecule has 2 aromatic rings. The summed E-state index contributed by atoms with van der Waals surface area (Å²) in [7, 11) is 1.92. The van der Waals surface area contributed by atoms with E-state index in [1.807, 2.05) is 57.6 Å². The first-order chi connectivity index (χ1) is 10.4. The first-order valence-electron chi connectivity index (χ1n) is 7.45. The zero-order valence-electron chi connectivity index (χ0n) is 13.8. The number of esters is 1. The number of benzene rings is 1. The lowest BCUT2D eigenvalue weighted by molar-refractivity contribution is 0.0378. The van der Waals surface area contributed by atoms with E-state index in [4.69, 9.17) is 4.74 Å². The zero-order chi connectivity index (χ0) is 16.3. The van der Waals surface area contributed by atoms with Crippen LogP contribution in [0.15, 0.2) is 24.3 Å². The molecular formula is C17H23N3O2. The van der Waals surface area contributed by atoms with Crippen molar-refractivity contribution in [3.8, 4) is 5.69 Å². The smallest absolute Gasteiger partial charge is 0.338 e. The minimum atomic E-state index is -0.311. The normalized spacial score (nSPS) is 11.0. The van der Waals surface area contributed by atoms with E-state index in [9.17, 15) is 4.79 Å². The van der Waals surface area contributed by atoms with Crippen LogP contribution in [0, 0.1) is 13.8 Å². The highest BCUT2D eigenvalue weighted by atomic mass is 16.5. The molecule has 2 rings (SSSR count). The fourth-order valence-corrected chi connectivity index (χ4v) is 2.41. The van der Waals surface area contributed by atoms with Crippen molar-refractivity contribution in [1.29, 1.82) is 0 Å². The molecule has 0 radical (unpaired) electrons. The maximum atomic E-state index is 12.0. The zero-order valence-corrected chi connectivity index (χ0v) is 13.8. The molecule has 0 saturated carbocycles. The Morgan fingerprint density at radius 3 is 2.73 bits per heavy atom. The Bertz CT molecular complexity index is 675. The number of nitrogens with zero attached hydrogens (tertiary/aromatic N) is 2. The maximum Gasteiger partial charge on any atom is 0.338 e. The second kappa shape index (κ2) is 6.75. The second-order valence-corrected chi connectivity index (χ2v) is 5.60. The molecule has 0 aliphatic rings. The lowest BCUT2D eigenvalue weighted by atomic mass is 10.2. The average Bonchev–Trinajstić information content (AvgIpc) is 2.75. The fourth-order valence-electron chi connectivity index (χ4n) is 2.41. The molecular weight excluding hydrogens is 278 g/mol. The van der Waals surface area contributed by atoms with Gasteiger partial charge in [0.05, 0.1) is 23.0 Å². The first-order valence-corrected chi connectivity index (χ1v) is 7.45. The lowest BCUT2D eigenvalue weighted by Crippen LogP contribution is -2.12. The van der Waals surface area contributed by atoms with Crippen molar-refractivity contribution in [2.24, 2.45) is 0 Å². The van der Waals surface area contributed by atoms with Gasteiger partial charge in [0.1, 0.15) is 0 Å². The molecule has 0 amide bonds. The van der Waals surface area contributed by atoms with Gasteiger partial charge in [-0.25, -0.2) is 9.48 Å². The molecule has 1 heterocycles. The third-order valence-corrected chi connectivity index (χ3v) is 3.46. The van der Waals surface area contributed by atoms with E-state index in [1.54, 1.807) is 6.07 Å². The number of aromatic nitrogens is 2. The third kappa shape index (κ3) is 3.36. The van der Waals surface area contributed by atoms with Crippen LogP contribution >= 0.6 is 0 Å². The molecule has 0 atom stereocenters. The van der Waals surface area contributed by atoms with Crippen LogP contribution in [0.1, 0.15) is 41.2 Å². The molecule has 0 aliphatic heterocycles. The summed E-state index contributed by atoms with van der Waals surface area (Å²) < 4.78 is 7.12. The van der Waals surface area contributed by atoms with Crippen molar-refractivity contribution in [1.82, 2.24) is 15.1 Å². The molecule has 0 unspecified atom stereocenters. The summed E-state index contributed by atoms with van der Waals surface area (Å²) in [6.07, 6.45) is -0.132. The Morgan fingerprint density at radius 2 is 2.09 bits per heavy atom. The highest BCUT2D eigenvalue weighted by molar-refractivity contribution is 5.90. The van der Waals surface area contributed by atoms with Gasteiger partial charge in [-0.2, -0.15) is 5.10 Å². The summed E-state index contributed by atoms with van der Waals surface area (Å²) >= 11 is 0. The Balaban J connectivity index is 2.38. The number of carbonyl (C=O) groups excluding carboxylic acids is 1. The quantitative estimate of drug-likeness (QED) is 0.863. The van der Waals surface area contributed by atoms with Crippen LogP contribution in [-0.2, 0) is 11.3 Å². The standard InChI is InChI=1S/C17H23N3O2/c1-11(2)22-17(21)14-7-6-8-15(9-14)20-13(4)16(10-18-5)12(3)19-20/h6-9,11,18H,10H2,1-5H3. The number of aryl methyl sites for hydroxylation is 1. The van der Waals surface area contributed by atoms with E-state index in [-0.39, 0.29) is 12.1 Å². The predicted octanol–water partition coefficient (Wildman–Crippen LogP) is 2.77. The van der Waals surface area contributed by atoms with Crippen molar-refractivity contribution in [2.75, 3.05) is 7.05 Å². The van der Waals surface area contributed by atoms with Crippen LogP contribution in [0.2, 0.25) is 0 Å². The average molecular weight is 301 g/mol. The molecule has 118 valence electrons. The minimum absolute atomic E-state index is 0.132. The molecule has 1 aromatic carbocycles. The van der Waals surface area contributed by atoms with Gasteiger partial charge in [-0.3, -0.25) is 0 Å². The largest absolute Gasteiger partial charge is 0.459 e. The third-order valence-electron chi connectivity index (χ3n) is 3.46.